The van der Waals surface area contributed by atoms with Crippen molar-refractivity contribution in [2.24, 2.45) is 0 Å². The third-order valence-electron chi connectivity index (χ3n) is 2.64. The molecule has 0 radical (unpaired) electrons. The molecule has 0 saturated carbocycles. The number of nitrogens with one attached hydrogen (secondary N) is 1. The summed E-state index contributed by atoms with van der Waals surface area (Å²) in [5.74, 6) is 0. The van der Waals surface area contributed by atoms with Gasteiger partial charge >= 0.3 is 0 Å². The third-order valence-corrected chi connectivity index (χ3v) is 2.64. The van der Waals surface area contributed by atoms with Gasteiger partial charge in [0.1, 0.15) is 0 Å². The van der Waals surface area contributed by atoms with E-state index in [1.54, 1.807) is 0 Å². The maximum absolute atomic E-state index is 5.38. The SMILES string of the molecule is CNC1(c2cnc(C)c(C)c2)CO1. The second-order valence-corrected chi connectivity index (χ2v) is 3.49. The van der Waals surface area contributed by atoms with E-state index in [0.717, 1.165) is 17.9 Å². The molecule has 0 aliphatic carbocycles. The molecule has 2 rings (SSSR count). The van der Waals surface area contributed by atoms with Gasteiger partial charge in [0.15, 0.2) is 5.72 Å². The molecule has 70 valence electrons. The maximum Gasteiger partial charge on any atom is 0.170 e. The molecular formula is C10H14N2O. The van der Waals surface area contributed by atoms with Gasteiger partial charge in [0.25, 0.3) is 0 Å². The molecule has 13 heavy (non-hydrogen) atoms. The summed E-state index contributed by atoms with van der Waals surface area (Å²) in [5, 5.41) is 3.15. The largest absolute Gasteiger partial charge is 0.349 e. The standard InChI is InChI=1S/C10H14N2O/c1-7-4-9(5-12-8(7)2)10(11-3)6-13-10/h4-5,11H,6H2,1-3H3. The third kappa shape index (κ3) is 1.34. The molecular weight excluding hydrogens is 164 g/mol. The fourth-order valence-corrected chi connectivity index (χ4v) is 1.39. The minimum Gasteiger partial charge on any atom is -0.349 e. The van der Waals surface area contributed by atoms with E-state index in [-0.39, 0.29) is 5.72 Å². The average Bonchev–Trinajstić information content (AvgIpc) is 2.90. The minimum absolute atomic E-state index is 0.245. The zero-order valence-electron chi connectivity index (χ0n) is 8.22. The van der Waals surface area contributed by atoms with Gasteiger partial charge in [-0.1, -0.05) is 0 Å². The van der Waals surface area contributed by atoms with Crippen LogP contribution in [0, 0.1) is 13.8 Å². The van der Waals surface area contributed by atoms with Gasteiger partial charge in [-0.25, -0.2) is 0 Å². The first-order valence-electron chi connectivity index (χ1n) is 4.44. The summed E-state index contributed by atoms with van der Waals surface area (Å²) in [5.41, 5.74) is 3.17. The smallest absolute Gasteiger partial charge is 0.170 e. The highest BCUT2D eigenvalue weighted by atomic mass is 16.6. The van der Waals surface area contributed by atoms with Crippen LogP contribution in [0.5, 0.6) is 0 Å². The second kappa shape index (κ2) is 2.79. The number of pyridine rings is 1. The van der Waals surface area contributed by atoms with Gasteiger partial charge in [0, 0.05) is 17.5 Å². The lowest BCUT2D eigenvalue weighted by Crippen LogP contribution is -2.26. The Bertz CT molecular complexity index is 332. The van der Waals surface area contributed by atoms with Crippen molar-refractivity contribution in [2.75, 3.05) is 13.7 Å². The van der Waals surface area contributed by atoms with Crippen LogP contribution < -0.4 is 5.32 Å². The molecule has 0 amide bonds. The molecule has 1 N–H and O–H groups in total. The van der Waals surface area contributed by atoms with Crippen LogP contribution in [0.3, 0.4) is 0 Å². The summed E-state index contributed by atoms with van der Waals surface area (Å²) in [6, 6.07) is 2.13. The van der Waals surface area contributed by atoms with E-state index >= 15 is 0 Å². The number of nitrogens with zero attached hydrogens (tertiary/aromatic N) is 1. The normalized spacial score (nSPS) is 26.1. The minimum atomic E-state index is -0.245. The number of ether oxygens (including phenoxy) is 1. The number of aryl methyl sites for hydroxylation is 2. The second-order valence-electron chi connectivity index (χ2n) is 3.49. The highest BCUT2D eigenvalue weighted by Gasteiger charge is 2.45. The van der Waals surface area contributed by atoms with Gasteiger partial charge < -0.3 is 4.74 Å². The number of epoxide rings is 1. The molecule has 1 aromatic rings. The molecule has 3 heteroatoms. The van der Waals surface area contributed by atoms with Crippen molar-refractivity contribution in [3.63, 3.8) is 0 Å². The van der Waals surface area contributed by atoms with Crippen molar-refractivity contribution in [1.82, 2.24) is 10.3 Å². The summed E-state index contributed by atoms with van der Waals surface area (Å²) in [6.45, 7) is 4.82. The fourth-order valence-electron chi connectivity index (χ4n) is 1.39. The average molecular weight is 178 g/mol. The Kier molecular flexibility index (Phi) is 1.86. The van der Waals surface area contributed by atoms with E-state index in [1.807, 2.05) is 20.2 Å². The van der Waals surface area contributed by atoms with E-state index in [2.05, 4.69) is 23.3 Å². The maximum atomic E-state index is 5.38. The summed E-state index contributed by atoms with van der Waals surface area (Å²) >= 11 is 0. The summed E-state index contributed by atoms with van der Waals surface area (Å²) in [7, 11) is 1.90. The number of hydrogen-bond donors (Lipinski definition) is 1. The van der Waals surface area contributed by atoms with E-state index in [1.165, 1.54) is 5.56 Å². The molecule has 1 saturated heterocycles. The first kappa shape index (κ1) is 8.66. The molecule has 1 aliphatic rings. The van der Waals surface area contributed by atoms with E-state index < -0.39 is 0 Å². The van der Waals surface area contributed by atoms with Crippen LogP contribution in [0.4, 0.5) is 0 Å². The summed E-state index contributed by atoms with van der Waals surface area (Å²) in [6.07, 6.45) is 1.88. The van der Waals surface area contributed by atoms with Crippen molar-refractivity contribution in [1.29, 1.82) is 0 Å². The van der Waals surface area contributed by atoms with Gasteiger partial charge in [0.05, 0.1) is 6.61 Å². The Morgan fingerprint density at radius 2 is 2.23 bits per heavy atom. The summed E-state index contributed by atoms with van der Waals surface area (Å²) < 4.78 is 5.38. The first-order valence-corrected chi connectivity index (χ1v) is 4.44. The first-order chi connectivity index (χ1) is 6.18. The highest BCUT2D eigenvalue weighted by Crippen LogP contribution is 2.35. The summed E-state index contributed by atoms with van der Waals surface area (Å²) in [4.78, 5) is 4.31. The van der Waals surface area contributed by atoms with Gasteiger partial charge in [0.2, 0.25) is 0 Å². The van der Waals surface area contributed by atoms with Crippen molar-refractivity contribution in [3.05, 3.63) is 29.1 Å². The van der Waals surface area contributed by atoms with E-state index in [0.29, 0.717) is 0 Å². The molecule has 1 aliphatic heterocycles. The van der Waals surface area contributed by atoms with Crippen LogP contribution in [-0.2, 0) is 10.5 Å². The Morgan fingerprint density at radius 3 is 2.69 bits per heavy atom. The van der Waals surface area contributed by atoms with Crippen LogP contribution in [0.15, 0.2) is 12.3 Å². The lowest BCUT2D eigenvalue weighted by molar-refractivity contribution is 0.273. The molecule has 1 aromatic heterocycles. The van der Waals surface area contributed by atoms with Crippen molar-refractivity contribution in [2.45, 2.75) is 19.6 Å². The molecule has 2 heterocycles. The van der Waals surface area contributed by atoms with Crippen LogP contribution in [0.1, 0.15) is 16.8 Å². The Hall–Kier alpha value is -0.930. The number of likely N-dealkylation sites (N-methyl/N-ethyl adjacent to an activating group) is 1. The van der Waals surface area contributed by atoms with Crippen molar-refractivity contribution < 1.29 is 4.74 Å². The molecule has 1 unspecified atom stereocenters. The monoisotopic (exact) mass is 178 g/mol. The van der Waals surface area contributed by atoms with Crippen LogP contribution in [0.25, 0.3) is 0 Å². The van der Waals surface area contributed by atoms with Crippen LogP contribution in [0.2, 0.25) is 0 Å². The fraction of sp³-hybridized carbons (Fsp3) is 0.500. The molecule has 0 bridgehead atoms. The lowest BCUT2D eigenvalue weighted by atomic mass is 10.1. The van der Waals surface area contributed by atoms with Crippen molar-refractivity contribution in [3.8, 4) is 0 Å². The number of hydrogen-bond acceptors (Lipinski definition) is 3. The predicted octanol–water partition coefficient (Wildman–Crippen LogP) is 1.10. The topological polar surface area (TPSA) is 37.5 Å². The number of rotatable bonds is 2. The van der Waals surface area contributed by atoms with Crippen LogP contribution >= 0.6 is 0 Å². The zero-order valence-corrected chi connectivity index (χ0v) is 8.22. The molecule has 3 nitrogen and oxygen atoms in total. The Balaban J connectivity index is 2.37. The molecule has 1 fully saturated rings. The zero-order chi connectivity index (χ0) is 9.47. The van der Waals surface area contributed by atoms with Gasteiger partial charge in [-0.2, -0.15) is 0 Å². The van der Waals surface area contributed by atoms with E-state index in [4.69, 9.17) is 4.74 Å². The van der Waals surface area contributed by atoms with Crippen molar-refractivity contribution >= 4 is 0 Å². The van der Waals surface area contributed by atoms with E-state index in [9.17, 15) is 0 Å². The highest BCUT2D eigenvalue weighted by molar-refractivity contribution is 5.29. The Labute approximate surface area is 78.1 Å². The quantitative estimate of drug-likeness (QED) is 0.689. The molecule has 0 aromatic carbocycles. The van der Waals surface area contributed by atoms with Gasteiger partial charge in [-0.05, 0) is 32.5 Å². The van der Waals surface area contributed by atoms with Gasteiger partial charge in [-0.3, -0.25) is 10.3 Å². The Morgan fingerprint density at radius 1 is 1.54 bits per heavy atom. The number of aromatic nitrogens is 1. The molecule has 0 spiro atoms. The van der Waals surface area contributed by atoms with Gasteiger partial charge in [-0.15, -0.1) is 0 Å². The lowest BCUT2D eigenvalue weighted by Gasteiger charge is -2.11. The van der Waals surface area contributed by atoms with Crippen LogP contribution in [-0.4, -0.2) is 18.6 Å². The molecule has 1 atom stereocenters. The predicted molar refractivity (Wildman–Crippen MR) is 50.4 cm³/mol.